The first-order chi connectivity index (χ1) is 13.1. The van der Waals surface area contributed by atoms with Crippen LogP contribution in [0.4, 0.5) is 5.82 Å². The summed E-state index contributed by atoms with van der Waals surface area (Å²) in [7, 11) is 0. The van der Waals surface area contributed by atoms with E-state index in [1.165, 1.54) is 6.92 Å². The number of hydrogen-bond donors (Lipinski definition) is 1. The average molecular weight is 402 g/mol. The van der Waals surface area contributed by atoms with Crippen molar-refractivity contribution in [3.8, 4) is 10.4 Å². The molecule has 3 aromatic rings. The first-order valence-corrected chi connectivity index (χ1v) is 10.2. The Balaban J connectivity index is 1.76. The van der Waals surface area contributed by atoms with Crippen LogP contribution in [0.15, 0.2) is 30.3 Å². The number of amides is 1. The third-order valence-electron chi connectivity index (χ3n) is 4.69. The van der Waals surface area contributed by atoms with Crippen molar-refractivity contribution in [2.75, 3.05) is 18.5 Å². The van der Waals surface area contributed by atoms with Crippen molar-refractivity contribution in [2.45, 2.75) is 26.2 Å². The molecule has 5 nitrogen and oxygen atoms in total. The fourth-order valence-electron chi connectivity index (χ4n) is 3.39. The molecule has 1 N–H and O–H groups in total. The van der Waals surface area contributed by atoms with E-state index in [2.05, 4.69) is 21.6 Å². The summed E-state index contributed by atoms with van der Waals surface area (Å²) >= 11 is 7.63. The highest BCUT2D eigenvalue weighted by atomic mass is 35.5. The monoisotopic (exact) mass is 401 g/mol. The van der Waals surface area contributed by atoms with Gasteiger partial charge in [0.15, 0.2) is 5.82 Å². The van der Waals surface area contributed by atoms with E-state index in [0.717, 1.165) is 58.7 Å². The van der Waals surface area contributed by atoms with Crippen molar-refractivity contribution < 1.29 is 9.53 Å². The van der Waals surface area contributed by atoms with Gasteiger partial charge in [-0.1, -0.05) is 23.7 Å². The topological polar surface area (TPSA) is 64.1 Å². The van der Waals surface area contributed by atoms with E-state index in [1.807, 2.05) is 24.3 Å². The van der Waals surface area contributed by atoms with E-state index >= 15 is 0 Å². The number of rotatable bonds is 4. The van der Waals surface area contributed by atoms with E-state index in [4.69, 9.17) is 16.3 Å². The molecule has 1 aromatic carbocycles. The maximum absolute atomic E-state index is 11.6. The molecule has 0 saturated carbocycles. The number of ether oxygens (including phenoxy) is 1. The minimum absolute atomic E-state index is 0.152. The van der Waals surface area contributed by atoms with Crippen LogP contribution in [-0.4, -0.2) is 29.3 Å². The van der Waals surface area contributed by atoms with Crippen LogP contribution in [0.1, 0.15) is 25.5 Å². The Hall–Kier alpha value is -2.02. The first kappa shape index (κ1) is 18.3. The first-order valence-electron chi connectivity index (χ1n) is 9.00. The lowest BCUT2D eigenvalue weighted by Crippen LogP contribution is -2.20. The van der Waals surface area contributed by atoms with Crippen molar-refractivity contribution in [1.82, 2.24) is 10.2 Å². The molecule has 4 rings (SSSR count). The summed E-state index contributed by atoms with van der Waals surface area (Å²) in [6, 6.07) is 9.91. The lowest BCUT2D eigenvalue weighted by atomic mass is 9.95. The standard InChI is InChI=1S/C20H20ClN3O2S/c1-12(25)22-20-19-16(10-18(27-19)14-4-6-15(21)7-5-14)17(23-24-20)9-13-3-2-8-26-11-13/h4-7,10,13H,2-3,8-9,11H2,1H3,(H,22,24,25). The van der Waals surface area contributed by atoms with Crippen LogP contribution in [0.2, 0.25) is 5.02 Å². The van der Waals surface area contributed by atoms with Crippen molar-refractivity contribution in [3.63, 3.8) is 0 Å². The summed E-state index contributed by atoms with van der Waals surface area (Å²) in [5.74, 6) is 0.827. The van der Waals surface area contributed by atoms with Gasteiger partial charge in [-0.2, -0.15) is 5.10 Å². The predicted molar refractivity (Wildman–Crippen MR) is 109 cm³/mol. The van der Waals surface area contributed by atoms with Crippen LogP contribution in [0.25, 0.3) is 20.5 Å². The van der Waals surface area contributed by atoms with Gasteiger partial charge in [-0.25, -0.2) is 0 Å². The molecule has 0 bridgehead atoms. The average Bonchev–Trinajstić information content (AvgIpc) is 3.11. The fraction of sp³-hybridized carbons (Fsp3) is 0.350. The zero-order valence-electron chi connectivity index (χ0n) is 15.0. The van der Waals surface area contributed by atoms with E-state index in [0.29, 0.717) is 16.8 Å². The molecule has 2 aromatic heterocycles. The number of nitrogens with one attached hydrogen (secondary N) is 1. The largest absolute Gasteiger partial charge is 0.381 e. The number of thiophene rings is 1. The molecule has 0 spiro atoms. The third kappa shape index (κ3) is 4.13. The fourth-order valence-corrected chi connectivity index (χ4v) is 4.64. The summed E-state index contributed by atoms with van der Waals surface area (Å²) in [6.45, 7) is 3.09. The highest BCUT2D eigenvalue weighted by molar-refractivity contribution is 7.22. The summed E-state index contributed by atoms with van der Waals surface area (Å²) in [5.41, 5.74) is 2.05. The van der Waals surface area contributed by atoms with E-state index in [-0.39, 0.29) is 5.91 Å². The van der Waals surface area contributed by atoms with Crippen LogP contribution >= 0.6 is 22.9 Å². The highest BCUT2D eigenvalue weighted by Crippen LogP contribution is 2.38. The smallest absolute Gasteiger partial charge is 0.222 e. The minimum Gasteiger partial charge on any atom is -0.381 e. The molecule has 0 radical (unpaired) electrons. The summed E-state index contributed by atoms with van der Waals surface area (Å²) < 4.78 is 6.57. The molecule has 1 unspecified atom stereocenters. The number of aromatic nitrogens is 2. The van der Waals surface area contributed by atoms with Gasteiger partial charge in [0.2, 0.25) is 5.91 Å². The molecule has 1 atom stereocenters. The van der Waals surface area contributed by atoms with Gasteiger partial charge in [0.1, 0.15) is 0 Å². The number of nitrogens with zero attached hydrogens (tertiary/aromatic N) is 2. The maximum atomic E-state index is 11.6. The second-order valence-corrected chi connectivity index (χ2v) is 8.31. The summed E-state index contributed by atoms with van der Waals surface area (Å²) in [6.07, 6.45) is 3.07. The van der Waals surface area contributed by atoms with Gasteiger partial charge in [-0.3, -0.25) is 4.79 Å². The Labute approximate surface area is 166 Å². The molecule has 7 heteroatoms. The number of halogens is 1. The van der Waals surface area contributed by atoms with E-state index in [9.17, 15) is 4.79 Å². The van der Waals surface area contributed by atoms with Crippen LogP contribution in [0.3, 0.4) is 0 Å². The summed E-state index contributed by atoms with van der Waals surface area (Å²) in [5, 5.41) is 13.3. The van der Waals surface area contributed by atoms with Crippen LogP contribution in [0.5, 0.6) is 0 Å². The highest BCUT2D eigenvalue weighted by Gasteiger charge is 2.20. The predicted octanol–water partition coefficient (Wildman–Crippen LogP) is 4.94. The minimum atomic E-state index is -0.152. The normalized spacial score (nSPS) is 17.2. The lowest BCUT2D eigenvalue weighted by Gasteiger charge is -2.21. The van der Waals surface area contributed by atoms with Crippen LogP contribution in [0, 0.1) is 5.92 Å². The van der Waals surface area contributed by atoms with Crippen LogP contribution in [-0.2, 0) is 16.0 Å². The number of carbonyl (C=O) groups excluding carboxylic acids is 1. The Bertz CT molecular complexity index is 965. The van der Waals surface area contributed by atoms with Crippen molar-refractivity contribution in [2.24, 2.45) is 5.92 Å². The lowest BCUT2D eigenvalue weighted by molar-refractivity contribution is -0.114. The van der Waals surface area contributed by atoms with Gasteiger partial charge in [-0.15, -0.1) is 16.4 Å². The third-order valence-corrected chi connectivity index (χ3v) is 6.13. The molecule has 0 aliphatic carbocycles. The Kier molecular flexibility index (Phi) is 5.38. The second kappa shape index (κ2) is 7.92. The van der Waals surface area contributed by atoms with Crippen molar-refractivity contribution in [3.05, 3.63) is 41.0 Å². The zero-order chi connectivity index (χ0) is 18.8. The Morgan fingerprint density at radius 3 is 2.85 bits per heavy atom. The van der Waals surface area contributed by atoms with Crippen molar-refractivity contribution >= 4 is 44.7 Å². The van der Waals surface area contributed by atoms with Gasteiger partial charge in [0.25, 0.3) is 0 Å². The van der Waals surface area contributed by atoms with Gasteiger partial charge >= 0.3 is 0 Å². The van der Waals surface area contributed by atoms with Gasteiger partial charge in [-0.05, 0) is 48.9 Å². The van der Waals surface area contributed by atoms with E-state index in [1.54, 1.807) is 11.3 Å². The number of benzene rings is 1. The number of hydrogen-bond acceptors (Lipinski definition) is 5. The molecule has 27 heavy (non-hydrogen) atoms. The summed E-state index contributed by atoms with van der Waals surface area (Å²) in [4.78, 5) is 12.7. The molecule has 1 amide bonds. The second-order valence-electron chi connectivity index (χ2n) is 6.82. The Morgan fingerprint density at radius 2 is 2.15 bits per heavy atom. The number of carbonyl (C=O) groups is 1. The zero-order valence-corrected chi connectivity index (χ0v) is 16.6. The molecule has 140 valence electrons. The van der Waals surface area contributed by atoms with Crippen LogP contribution < -0.4 is 5.32 Å². The van der Waals surface area contributed by atoms with Gasteiger partial charge in [0, 0.05) is 35.4 Å². The molecule has 3 heterocycles. The number of fused-ring (bicyclic) bond motifs is 1. The van der Waals surface area contributed by atoms with Gasteiger partial charge < -0.3 is 10.1 Å². The molecule has 1 aliphatic heterocycles. The molecule has 1 fully saturated rings. The quantitative estimate of drug-likeness (QED) is 0.672. The maximum Gasteiger partial charge on any atom is 0.222 e. The van der Waals surface area contributed by atoms with E-state index < -0.39 is 0 Å². The molecular weight excluding hydrogens is 382 g/mol. The molecule has 1 aliphatic rings. The molecular formula is C20H20ClN3O2S. The Morgan fingerprint density at radius 1 is 1.33 bits per heavy atom. The van der Waals surface area contributed by atoms with Crippen molar-refractivity contribution in [1.29, 1.82) is 0 Å². The number of anilines is 1. The molecule has 1 saturated heterocycles. The SMILES string of the molecule is CC(=O)Nc1nnc(CC2CCCOC2)c2cc(-c3ccc(Cl)cc3)sc12. The van der Waals surface area contributed by atoms with Gasteiger partial charge in [0.05, 0.1) is 10.4 Å².